The van der Waals surface area contributed by atoms with Crippen molar-refractivity contribution in [3.05, 3.63) is 118 Å². The molecule has 0 saturated heterocycles. The Morgan fingerprint density at radius 1 is 0.848 bits per heavy atom. The number of hydrogen-bond donors (Lipinski definition) is 1. The first kappa shape index (κ1) is 34.8. The Morgan fingerprint density at radius 3 is 2.07 bits per heavy atom. The maximum Gasteiger partial charge on any atom is 0.264 e. The van der Waals surface area contributed by atoms with Gasteiger partial charge in [0, 0.05) is 12.6 Å². The SMILES string of the molecule is CC[C@@H](C(=O)NC(C)C)N(Cc1ccc(Cl)c(Cl)c1)C(=O)CN(c1ccc(Oc2ccccc2)cc1)S(=O)(=O)c1ccc(C)cc1. The maximum atomic E-state index is 14.3. The molecule has 2 amide bonds. The largest absolute Gasteiger partial charge is 0.457 e. The van der Waals surface area contributed by atoms with Gasteiger partial charge in [-0.3, -0.25) is 13.9 Å². The number of nitrogens with zero attached hydrogens (tertiary/aromatic N) is 2. The third-order valence-corrected chi connectivity index (χ3v) is 9.67. The fourth-order valence-electron chi connectivity index (χ4n) is 4.81. The second-order valence-corrected chi connectivity index (χ2v) is 13.8. The van der Waals surface area contributed by atoms with Crippen LogP contribution in [0, 0.1) is 6.92 Å². The van der Waals surface area contributed by atoms with Gasteiger partial charge in [-0.1, -0.05) is 72.1 Å². The number of ether oxygens (including phenoxy) is 1. The smallest absolute Gasteiger partial charge is 0.264 e. The normalized spacial score (nSPS) is 12.0. The van der Waals surface area contributed by atoms with E-state index in [2.05, 4.69) is 5.32 Å². The summed E-state index contributed by atoms with van der Waals surface area (Å²) < 4.78 is 35.3. The van der Waals surface area contributed by atoms with E-state index in [1.54, 1.807) is 61.5 Å². The molecule has 0 saturated carbocycles. The first-order chi connectivity index (χ1) is 21.9. The third kappa shape index (κ3) is 8.81. The fourth-order valence-corrected chi connectivity index (χ4v) is 6.54. The molecule has 0 unspecified atom stereocenters. The Labute approximate surface area is 280 Å². The lowest BCUT2D eigenvalue weighted by molar-refractivity contribution is -0.140. The van der Waals surface area contributed by atoms with E-state index in [1.165, 1.54) is 17.0 Å². The minimum atomic E-state index is -4.22. The number of aryl methyl sites for hydroxylation is 1. The van der Waals surface area contributed by atoms with Gasteiger partial charge in [-0.05, 0) is 93.4 Å². The van der Waals surface area contributed by atoms with Gasteiger partial charge in [0.25, 0.3) is 10.0 Å². The molecule has 4 aromatic rings. The van der Waals surface area contributed by atoms with Crippen LogP contribution in [-0.2, 0) is 26.2 Å². The summed E-state index contributed by atoms with van der Waals surface area (Å²) in [4.78, 5) is 29.0. The van der Waals surface area contributed by atoms with Crippen LogP contribution in [0.2, 0.25) is 10.0 Å². The van der Waals surface area contributed by atoms with Gasteiger partial charge >= 0.3 is 0 Å². The van der Waals surface area contributed by atoms with Crippen molar-refractivity contribution >= 4 is 50.7 Å². The maximum absolute atomic E-state index is 14.3. The lowest BCUT2D eigenvalue weighted by Gasteiger charge is -2.33. The lowest BCUT2D eigenvalue weighted by Crippen LogP contribution is -2.53. The van der Waals surface area contributed by atoms with Crippen LogP contribution in [0.5, 0.6) is 11.5 Å². The summed E-state index contributed by atoms with van der Waals surface area (Å²) in [5.41, 5.74) is 1.77. The molecule has 0 heterocycles. The van der Waals surface area contributed by atoms with E-state index in [0.717, 1.165) is 9.87 Å². The van der Waals surface area contributed by atoms with E-state index in [9.17, 15) is 18.0 Å². The number of benzene rings is 4. The molecule has 11 heteroatoms. The van der Waals surface area contributed by atoms with E-state index in [-0.39, 0.29) is 29.1 Å². The van der Waals surface area contributed by atoms with Crippen LogP contribution in [0.3, 0.4) is 0 Å². The summed E-state index contributed by atoms with van der Waals surface area (Å²) in [5.74, 6) is 0.197. The van der Waals surface area contributed by atoms with Gasteiger partial charge in [0.1, 0.15) is 24.1 Å². The number of sulfonamides is 1. The Kier molecular flexibility index (Phi) is 11.7. The van der Waals surface area contributed by atoms with Crippen LogP contribution in [0.15, 0.2) is 102 Å². The molecule has 1 N–H and O–H groups in total. The van der Waals surface area contributed by atoms with Gasteiger partial charge in [-0.25, -0.2) is 8.42 Å². The van der Waals surface area contributed by atoms with Crippen molar-refractivity contribution in [3.63, 3.8) is 0 Å². The average molecular weight is 683 g/mol. The number of rotatable bonds is 13. The Bertz CT molecular complexity index is 1750. The predicted octanol–water partition coefficient (Wildman–Crippen LogP) is 7.62. The molecule has 0 spiro atoms. The van der Waals surface area contributed by atoms with Crippen LogP contribution < -0.4 is 14.4 Å². The van der Waals surface area contributed by atoms with Gasteiger partial charge in [0.2, 0.25) is 11.8 Å². The highest BCUT2D eigenvalue weighted by molar-refractivity contribution is 7.92. The van der Waals surface area contributed by atoms with Gasteiger partial charge in [0.05, 0.1) is 20.6 Å². The number of halogens is 2. The van der Waals surface area contributed by atoms with Crippen LogP contribution in [-0.4, -0.2) is 43.8 Å². The van der Waals surface area contributed by atoms with E-state index >= 15 is 0 Å². The summed E-state index contributed by atoms with van der Waals surface area (Å²) in [6.45, 7) is 6.75. The van der Waals surface area contributed by atoms with E-state index in [0.29, 0.717) is 33.5 Å². The van der Waals surface area contributed by atoms with Gasteiger partial charge in [-0.2, -0.15) is 0 Å². The van der Waals surface area contributed by atoms with E-state index in [1.807, 2.05) is 51.1 Å². The van der Waals surface area contributed by atoms with Crippen molar-refractivity contribution in [2.75, 3.05) is 10.8 Å². The van der Waals surface area contributed by atoms with E-state index in [4.69, 9.17) is 27.9 Å². The molecule has 0 radical (unpaired) electrons. The zero-order chi connectivity index (χ0) is 33.4. The van der Waals surface area contributed by atoms with Crippen molar-refractivity contribution in [2.45, 2.75) is 57.6 Å². The average Bonchev–Trinajstić information content (AvgIpc) is 3.02. The molecule has 1 atom stereocenters. The van der Waals surface area contributed by atoms with Crippen molar-refractivity contribution in [1.82, 2.24) is 10.2 Å². The van der Waals surface area contributed by atoms with Crippen LogP contribution >= 0.6 is 23.2 Å². The molecule has 0 aliphatic carbocycles. The number of carbonyl (C=O) groups is 2. The predicted molar refractivity (Wildman–Crippen MR) is 183 cm³/mol. The highest BCUT2D eigenvalue weighted by Gasteiger charge is 2.34. The molecule has 0 aliphatic heterocycles. The molecule has 46 heavy (non-hydrogen) atoms. The number of anilines is 1. The second kappa shape index (κ2) is 15.5. The quantitative estimate of drug-likeness (QED) is 0.157. The molecule has 0 bridgehead atoms. The molecule has 0 fully saturated rings. The van der Waals surface area contributed by atoms with Gasteiger partial charge < -0.3 is 15.0 Å². The van der Waals surface area contributed by atoms with Crippen molar-refractivity contribution in [1.29, 1.82) is 0 Å². The zero-order valence-corrected chi connectivity index (χ0v) is 28.4. The molecule has 4 aromatic carbocycles. The standard InChI is InChI=1S/C35H37Cl2N3O5S/c1-5-33(35(42)38-24(2)3)39(22-26-13-20-31(36)32(37)21-26)34(41)23-40(46(43,44)30-18-11-25(4)12-19-30)27-14-16-29(17-15-27)45-28-9-7-6-8-10-28/h6-21,24,33H,5,22-23H2,1-4H3,(H,38,42)/t33-/m0/s1. The van der Waals surface area contributed by atoms with Crippen LogP contribution in [0.1, 0.15) is 38.3 Å². The summed E-state index contributed by atoms with van der Waals surface area (Å²) in [7, 11) is -4.22. The highest BCUT2D eigenvalue weighted by Crippen LogP contribution is 2.29. The van der Waals surface area contributed by atoms with Crippen molar-refractivity contribution < 1.29 is 22.7 Å². The Hall–Kier alpha value is -4.05. The molecular weight excluding hydrogens is 645 g/mol. The lowest BCUT2D eigenvalue weighted by atomic mass is 10.1. The summed E-state index contributed by atoms with van der Waals surface area (Å²) in [5, 5.41) is 3.53. The third-order valence-electron chi connectivity index (χ3n) is 7.15. The monoisotopic (exact) mass is 681 g/mol. The summed E-state index contributed by atoms with van der Waals surface area (Å²) >= 11 is 12.4. The minimum Gasteiger partial charge on any atom is -0.457 e. The molecular formula is C35H37Cl2N3O5S. The number of amides is 2. The molecule has 0 aromatic heterocycles. The van der Waals surface area contributed by atoms with Gasteiger partial charge in [-0.15, -0.1) is 0 Å². The van der Waals surface area contributed by atoms with E-state index < -0.39 is 28.5 Å². The first-order valence-corrected chi connectivity index (χ1v) is 17.0. The topological polar surface area (TPSA) is 96.0 Å². The number of para-hydroxylation sites is 1. The number of hydrogen-bond acceptors (Lipinski definition) is 5. The highest BCUT2D eigenvalue weighted by atomic mass is 35.5. The van der Waals surface area contributed by atoms with Crippen molar-refractivity contribution in [3.8, 4) is 11.5 Å². The van der Waals surface area contributed by atoms with Crippen molar-refractivity contribution in [2.24, 2.45) is 0 Å². The Balaban J connectivity index is 1.74. The fraction of sp³-hybridized carbons (Fsp3) is 0.257. The summed E-state index contributed by atoms with van der Waals surface area (Å²) in [6.07, 6.45) is 0.294. The minimum absolute atomic E-state index is 0.00200. The Morgan fingerprint density at radius 2 is 1.48 bits per heavy atom. The van der Waals surface area contributed by atoms with Gasteiger partial charge in [0.15, 0.2) is 0 Å². The first-order valence-electron chi connectivity index (χ1n) is 14.8. The molecule has 8 nitrogen and oxygen atoms in total. The number of carbonyl (C=O) groups excluding carboxylic acids is 2. The second-order valence-electron chi connectivity index (χ2n) is 11.1. The molecule has 4 rings (SSSR count). The van der Waals surface area contributed by atoms with Crippen LogP contribution in [0.4, 0.5) is 5.69 Å². The van der Waals surface area contributed by atoms with Crippen LogP contribution in [0.25, 0.3) is 0 Å². The molecule has 0 aliphatic rings. The molecule has 242 valence electrons. The number of nitrogens with one attached hydrogen (secondary N) is 1. The zero-order valence-electron chi connectivity index (χ0n) is 26.1. The summed E-state index contributed by atoms with van der Waals surface area (Å²) in [6, 6.07) is 26.0.